The summed E-state index contributed by atoms with van der Waals surface area (Å²) in [4.78, 5) is 37.0. The average Bonchev–Trinajstić information content (AvgIpc) is 2.69. The fourth-order valence-corrected chi connectivity index (χ4v) is 3.10. The maximum absolute atomic E-state index is 12.6. The van der Waals surface area contributed by atoms with Gasteiger partial charge in [0.1, 0.15) is 6.04 Å². The van der Waals surface area contributed by atoms with Gasteiger partial charge in [-0.05, 0) is 48.7 Å². The summed E-state index contributed by atoms with van der Waals surface area (Å²) in [6.45, 7) is 1.85. The number of fused-ring (bicyclic) bond motifs is 1. The SMILES string of the molecule is C[C@H](C(=O)NCCC(=O)Nc1ccc(Br)cc1)n1ccc2ccccc2c1=O. The number of anilines is 1. The van der Waals surface area contributed by atoms with Crippen molar-refractivity contribution in [3.63, 3.8) is 0 Å². The van der Waals surface area contributed by atoms with Crippen molar-refractivity contribution in [1.82, 2.24) is 9.88 Å². The van der Waals surface area contributed by atoms with E-state index in [2.05, 4.69) is 26.6 Å². The average molecular weight is 442 g/mol. The van der Waals surface area contributed by atoms with Gasteiger partial charge >= 0.3 is 0 Å². The highest BCUT2D eigenvalue weighted by atomic mass is 79.9. The maximum Gasteiger partial charge on any atom is 0.259 e. The second kappa shape index (κ2) is 8.84. The fraction of sp³-hybridized carbons (Fsp3) is 0.190. The van der Waals surface area contributed by atoms with Crippen molar-refractivity contribution >= 4 is 44.2 Å². The zero-order valence-corrected chi connectivity index (χ0v) is 16.9. The molecule has 0 unspecified atom stereocenters. The van der Waals surface area contributed by atoms with Crippen molar-refractivity contribution in [3.8, 4) is 0 Å². The van der Waals surface area contributed by atoms with Gasteiger partial charge in [0.2, 0.25) is 11.8 Å². The van der Waals surface area contributed by atoms with Gasteiger partial charge < -0.3 is 15.2 Å². The monoisotopic (exact) mass is 441 g/mol. The van der Waals surface area contributed by atoms with Crippen molar-refractivity contribution in [3.05, 3.63) is 75.6 Å². The van der Waals surface area contributed by atoms with E-state index in [1.807, 2.05) is 30.3 Å². The van der Waals surface area contributed by atoms with E-state index < -0.39 is 6.04 Å². The molecule has 7 heteroatoms. The molecule has 2 N–H and O–H groups in total. The number of carbonyl (C=O) groups is 2. The normalized spacial score (nSPS) is 11.8. The van der Waals surface area contributed by atoms with Crippen LogP contribution in [0.5, 0.6) is 0 Å². The smallest absolute Gasteiger partial charge is 0.259 e. The number of rotatable bonds is 6. The summed E-state index contributed by atoms with van der Waals surface area (Å²) in [5.74, 6) is -0.507. The molecule has 6 nitrogen and oxygen atoms in total. The molecule has 0 spiro atoms. The van der Waals surface area contributed by atoms with E-state index >= 15 is 0 Å². The van der Waals surface area contributed by atoms with Crippen LogP contribution in [0.1, 0.15) is 19.4 Å². The topological polar surface area (TPSA) is 80.2 Å². The number of nitrogens with zero attached hydrogens (tertiary/aromatic N) is 1. The van der Waals surface area contributed by atoms with Crippen LogP contribution in [-0.4, -0.2) is 22.9 Å². The van der Waals surface area contributed by atoms with Crippen LogP contribution in [0.25, 0.3) is 10.8 Å². The molecule has 2 aromatic carbocycles. The number of nitrogens with one attached hydrogen (secondary N) is 2. The van der Waals surface area contributed by atoms with E-state index in [-0.39, 0.29) is 30.3 Å². The minimum atomic E-state index is -0.674. The summed E-state index contributed by atoms with van der Waals surface area (Å²) in [6.07, 6.45) is 1.76. The van der Waals surface area contributed by atoms with Crippen LogP contribution >= 0.6 is 15.9 Å². The molecule has 28 heavy (non-hydrogen) atoms. The molecule has 0 saturated heterocycles. The molecule has 0 aliphatic heterocycles. The molecule has 0 saturated carbocycles. The number of hydrogen-bond donors (Lipinski definition) is 2. The van der Waals surface area contributed by atoms with Crippen LogP contribution < -0.4 is 16.2 Å². The highest BCUT2D eigenvalue weighted by Crippen LogP contribution is 2.14. The first-order valence-corrected chi connectivity index (χ1v) is 9.68. The minimum absolute atomic E-state index is 0.140. The predicted octanol–water partition coefficient (Wildman–Crippen LogP) is 3.47. The van der Waals surface area contributed by atoms with Crippen LogP contribution in [0.15, 0.2) is 70.1 Å². The number of pyridine rings is 1. The third-order valence-corrected chi connectivity index (χ3v) is 4.95. The summed E-state index contributed by atoms with van der Waals surface area (Å²) in [5, 5.41) is 6.88. The first-order chi connectivity index (χ1) is 13.5. The van der Waals surface area contributed by atoms with Crippen LogP contribution in [0.3, 0.4) is 0 Å². The van der Waals surface area contributed by atoms with E-state index in [1.165, 1.54) is 4.57 Å². The Morgan fingerprint density at radius 1 is 1.07 bits per heavy atom. The number of aromatic nitrogens is 1. The molecule has 2 amide bonds. The van der Waals surface area contributed by atoms with Crippen molar-refractivity contribution in [1.29, 1.82) is 0 Å². The molecule has 3 rings (SSSR count). The Kier molecular flexibility index (Phi) is 6.26. The van der Waals surface area contributed by atoms with Crippen molar-refractivity contribution in [2.45, 2.75) is 19.4 Å². The van der Waals surface area contributed by atoms with Crippen LogP contribution in [0.4, 0.5) is 5.69 Å². The first-order valence-electron chi connectivity index (χ1n) is 8.89. The Hall–Kier alpha value is -2.93. The van der Waals surface area contributed by atoms with Gasteiger partial charge in [-0.1, -0.05) is 34.1 Å². The summed E-state index contributed by atoms with van der Waals surface area (Å²) in [7, 11) is 0. The molecule has 0 radical (unpaired) electrons. The highest BCUT2D eigenvalue weighted by Gasteiger charge is 2.17. The quantitative estimate of drug-likeness (QED) is 0.614. The van der Waals surface area contributed by atoms with E-state index in [0.29, 0.717) is 11.1 Å². The Morgan fingerprint density at radius 3 is 2.54 bits per heavy atom. The number of benzene rings is 2. The fourth-order valence-electron chi connectivity index (χ4n) is 2.84. The van der Waals surface area contributed by atoms with E-state index in [9.17, 15) is 14.4 Å². The lowest BCUT2D eigenvalue weighted by Crippen LogP contribution is -2.36. The molecule has 0 fully saturated rings. The summed E-state index contributed by atoms with van der Waals surface area (Å²) < 4.78 is 2.33. The van der Waals surface area contributed by atoms with E-state index in [1.54, 1.807) is 37.4 Å². The minimum Gasteiger partial charge on any atom is -0.354 e. The zero-order valence-electron chi connectivity index (χ0n) is 15.3. The van der Waals surface area contributed by atoms with Gasteiger partial charge in [0, 0.05) is 34.7 Å². The van der Waals surface area contributed by atoms with Gasteiger partial charge in [-0.3, -0.25) is 14.4 Å². The van der Waals surface area contributed by atoms with Crippen LogP contribution in [0.2, 0.25) is 0 Å². The molecule has 144 valence electrons. The number of halogens is 1. The summed E-state index contributed by atoms with van der Waals surface area (Å²) in [5.41, 5.74) is 0.476. The highest BCUT2D eigenvalue weighted by molar-refractivity contribution is 9.10. The van der Waals surface area contributed by atoms with Gasteiger partial charge in [0.15, 0.2) is 0 Å². The second-order valence-electron chi connectivity index (χ2n) is 6.39. The molecule has 1 atom stereocenters. The first kappa shape index (κ1) is 19.8. The molecule has 1 heterocycles. The Morgan fingerprint density at radius 2 is 1.79 bits per heavy atom. The maximum atomic E-state index is 12.6. The molecule has 0 aliphatic rings. The number of carbonyl (C=O) groups excluding carboxylic acids is 2. The molecule has 0 aliphatic carbocycles. The molecule has 1 aromatic heterocycles. The van der Waals surface area contributed by atoms with E-state index in [0.717, 1.165) is 9.86 Å². The molecule has 0 bridgehead atoms. The predicted molar refractivity (Wildman–Crippen MR) is 113 cm³/mol. The summed E-state index contributed by atoms with van der Waals surface area (Å²) >= 11 is 3.34. The standard InChI is InChI=1S/C21H20BrN3O3/c1-14(25-13-11-15-4-2-3-5-18(15)21(25)28)20(27)23-12-10-19(26)24-17-8-6-16(22)7-9-17/h2-9,11,13-14H,10,12H2,1H3,(H,23,27)(H,24,26)/t14-/m1/s1. The van der Waals surface area contributed by atoms with Gasteiger partial charge in [0.25, 0.3) is 5.56 Å². The lowest BCUT2D eigenvalue weighted by molar-refractivity contribution is -0.124. The zero-order chi connectivity index (χ0) is 20.1. The molecular formula is C21H20BrN3O3. The number of amides is 2. The van der Waals surface area contributed by atoms with Gasteiger partial charge in [0.05, 0.1) is 0 Å². The van der Waals surface area contributed by atoms with Gasteiger partial charge in [-0.25, -0.2) is 0 Å². The largest absolute Gasteiger partial charge is 0.354 e. The van der Waals surface area contributed by atoms with Crippen molar-refractivity contribution < 1.29 is 9.59 Å². The van der Waals surface area contributed by atoms with Crippen LogP contribution in [0, 0.1) is 0 Å². The van der Waals surface area contributed by atoms with Crippen molar-refractivity contribution in [2.75, 3.05) is 11.9 Å². The van der Waals surface area contributed by atoms with Crippen molar-refractivity contribution in [2.24, 2.45) is 0 Å². The van der Waals surface area contributed by atoms with Gasteiger partial charge in [-0.2, -0.15) is 0 Å². The Balaban J connectivity index is 1.56. The third kappa shape index (κ3) is 4.67. The Bertz CT molecular complexity index is 1060. The molecular weight excluding hydrogens is 422 g/mol. The lowest BCUT2D eigenvalue weighted by Gasteiger charge is -2.16. The Labute approximate surface area is 170 Å². The second-order valence-corrected chi connectivity index (χ2v) is 7.30. The lowest BCUT2D eigenvalue weighted by atomic mass is 10.1. The summed E-state index contributed by atoms with van der Waals surface area (Å²) in [6, 6.07) is 15.6. The third-order valence-electron chi connectivity index (χ3n) is 4.42. The van der Waals surface area contributed by atoms with E-state index in [4.69, 9.17) is 0 Å². The van der Waals surface area contributed by atoms with Crippen LogP contribution in [-0.2, 0) is 9.59 Å². The molecule has 3 aromatic rings. The number of hydrogen-bond acceptors (Lipinski definition) is 3. The van der Waals surface area contributed by atoms with Gasteiger partial charge in [-0.15, -0.1) is 0 Å².